The molecule has 0 aliphatic rings. The molecule has 0 aromatic heterocycles. The van der Waals surface area contributed by atoms with Crippen LogP contribution in [0.25, 0.3) is 0 Å². The number of benzene rings is 1. The minimum absolute atomic E-state index is 0.104. The van der Waals surface area contributed by atoms with Crippen LogP contribution in [0.3, 0.4) is 0 Å². The first-order valence-corrected chi connectivity index (χ1v) is 6.80. The molecule has 17 heavy (non-hydrogen) atoms. The second kappa shape index (κ2) is 6.11. The van der Waals surface area contributed by atoms with E-state index in [1.54, 1.807) is 24.3 Å². The summed E-state index contributed by atoms with van der Waals surface area (Å²) >= 11 is 0. The zero-order valence-electron chi connectivity index (χ0n) is 10.0. The predicted molar refractivity (Wildman–Crippen MR) is 66.1 cm³/mol. The fraction of sp³-hybridized carbons (Fsp3) is 0.455. The number of nitrogens with one attached hydrogen (secondary N) is 1. The average Bonchev–Trinajstić information content (AvgIpc) is 2.29. The van der Waals surface area contributed by atoms with Crippen molar-refractivity contribution in [2.45, 2.75) is 17.9 Å². The molecule has 0 spiro atoms. The van der Waals surface area contributed by atoms with E-state index in [9.17, 15) is 8.42 Å². The SMILES string of the molecule is COCCNS(=O)(=O)c1ccc(C(C)N)cc1. The molecule has 0 saturated heterocycles. The molecule has 1 unspecified atom stereocenters. The summed E-state index contributed by atoms with van der Waals surface area (Å²) in [6, 6.07) is 6.43. The van der Waals surface area contributed by atoms with Crippen LogP contribution in [0.1, 0.15) is 18.5 Å². The average molecular weight is 258 g/mol. The Labute approximate surface area is 102 Å². The zero-order chi connectivity index (χ0) is 12.9. The fourth-order valence-electron chi connectivity index (χ4n) is 1.31. The van der Waals surface area contributed by atoms with Gasteiger partial charge in [0.25, 0.3) is 0 Å². The maximum Gasteiger partial charge on any atom is 0.240 e. The fourth-order valence-corrected chi connectivity index (χ4v) is 2.33. The van der Waals surface area contributed by atoms with E-state index in [4.69, 9.17) is 10.5 Å². The van der Waals surface area contributed by atoms with Crippen molar-refractivity contribution in [3.63, 3.8) is 0 Å². The molecule has 1 aromatic rings. The quantitative estimate of drug-likeness (QED) is 0.733. The van der Waals surface area contributed by atoms with Gasteiger partial charge in [0.05, 0.1) is 11.5 Å². The minimum Gasteiger partial charge on any atom is -0.383 e. The number of hydrogen-bond acceptors (Lipinski definition) is 4. The van der Waals surface area contributed by atoms with Gasteiger partial charge in [-0.1, -0.05) is 12.1 Å². The Hall–Kier alpha value is -0.950. The van der Waals surface area contributed by atoms with Crippen LogP contribution >= 0.6 is 0 Å². The van der Waals surface area contributed by atoms with Gasteiger partial charge in [0.15, 0.2) is 0 Å². The van der Waals surface area contributed by atoms with Crippen molar-refractivity contribution in [2.24, 2.45) is 5.73 Å². The van der Waals surface area contributed by atoms with Gasteiger partial charge in [-0.15, -0.1) is 0 Å². The Morgan fingerprint density at radius 1 is 1.35 bits per heavy atom. The van der Waals surface area contributed by atoms with Crippen LogP contribution < -0.4 is 10.5 Å². The molecule has 5 nitrogen and oxygen atoms in total. The van der Waals surface area contributed by atoms with Gasteiger partial charge in [0.1, 0.15) is 0 Å². The standard InChI is InChI=1S/C11H18N2O3S/c1-9(12)10-3-5-11(6-4-10)17(14,15)13-7-8-16-2/h3-6,9,13H,7-8,12H2,1-2H3. The monoisotopic (exact) mass is 258 g/mol. The molecule has 0 radical (unpaired) electrons. The summed E-state index contributed by atoms with van der Waals surface area (Å²) in [5.74, 6) is 0. The van der Waals surface area contributed by atoms with Gasteiger partial charge < -0.3 is 10.5 Å². The summed E-state index contributed by atoms with van der Waals surface area (Å²) in [4.78, 5) is 0.234. The number of rotatable bonds is 6. The van der Waals surface area contributed by atoms with E-state index in [2.05, 4.69) is 4.72 Å². The van der Waals surface area contributed by atoms with Crippen molar-refractivity contribution in [3.8, 4) is 0 Å². The van der Waals surface area contributed by atoms with Crippen LogP contribution in [-0.2, 0) is 14.8 Å². The second-order valence-electron chi connectivity index (χ2n) is 3.75. The number of hydrogen-bond donors (Lipinski definition) is 2. The molecule has 1 atom stereocenters. The molecule has 0 fully saturated rings. The minimum atomic E-state index is -3.45. The summed E-state index contributed by atoms with van der Waals surface area (Å²) in [6.07, 6.45) is 0. The Bertz CT molecular complexity index is 440. The van der Waals surface area contributed by atoms with E-state index in [1.165, 1.54) is 7.11 Å². The molecule has 0 amide bonds. The lowest BCUT2D eigenvalue weighted by atomic mass is 10.1. The Morgan fingerprint density at radius 3 is 2.41 bits per heavy atom. The van der Waals surface area contributed by atoms with E-state index in [-0.39, 0.29) is 17.5 Å². The van der Waals surface area contributed by atoms with Crippen molar-refractivity contribution in [1.29, 1.82) is 0 Å². The summed E-state index contributed by atoms with van der Waals surface area (Å²) in [5.41, 5.74) is 6.59. The van der Waals surface area contributed by atoms with Crippen LogP contribution in [0.4, 0.5) is 0 Å². The van der Waals surface area contributed by atoms with E-state index >= 15 is 0 Å². The van der Waals surface area contributed by atoms with Gasteiger partial charge in [-0.3, -0.25) is 0 Å². The third kappa shape index (κ3) is 4.08. The van der Waals surface area contributed by atoms with Crippen LogP contribution in [0.5, 0.6) is 0 Å². The number of nitrogens with two attached hydrogens (primary N) is 1. The molecule has 1 rings (SSSR count). The molecule has 96 valence electrons. The van der Waals surface area contributed by atoms with Crippen molar-refractivity contribution in [3.05, 3.63) is 29.8 Å². The van der Waals surface area contributed by atoms with E-state index in [0.717, 1.165) is 5.56 Å². The van der Waals surface area contributed by atoms with E-state index in [1.807, 2.05) is 6.92 Å². The summed E-state index contributed by atoms with van der Waals surface area (Å²) in [6.45, 7) is 2.45. The highest BCUT2D eigenvalue weighted by molar-refractivity contribution is 7.89. The Kier molecular flexibility index (Phi) is 5.07. The highest BCUT2D eigenvalue weighted by Gasteiger charge is 2.13. The molecule has 1 aromatic carbocycles. The van der Waals surface area contributed by atoms with Crippen LogP contribution in [0.15, 0.2) is 29.2 Å². The summed E-state index contributed by atoms with van der Waals surface area (Å²) < 4.78 is 30.8. The van der Waals surface area contributed by atoms with Gasteiger partial charge in [-0.05, 0) is 24.6 Å². The molecular formula is C11H18N2O3S. The van der Waals surface area contributed by atoms with Crippen LogP contribution in [-0.4, -0.2) is 28.7 Å². The number of ether oxygens (including phenoxy) is 1. The van der Waals surface area contributed by atoms with Crippen molar-refractivity contribution in [1.82, 2.24) is 4.72 Å². The molecule has 0 bridgehead atoms. The lowest BCUT2D eigenvalue weighted by molar-refractivity contribution is 0.204. The van der Waals surface area contributed by atoms with Crippen LogP contribution in [0.2, 0.25) is 0 Å². The largest absolute Gasteiger partial charge is 0.383 e. The van der Waals surface area contributed by atoms with Gasteiger partial charge >= 0.3 is 0 Å². The molecule has 0 aliphatic heterocycles. The van der Waals surface area contributed by atoms with E-state index in [0.29, 0.717) is 6.61 Å². The lowest BCUT2D eigenvalue weighted by Crippen LogP contribution is -2.27. The van der Waals surface area contributed by atoms with Crippen LogP contribution in [0, 0.1) is 0 Å². The third-order valence-electron chi connectivity index (χ3n) is 2.31. The first kappa shape index (κ1) is 14.1. The lowest BCUT2D eigenvalue weighted by Gasteiger charge is -2.08. The maximum atomic E-state index is 11.8. The molecule has 0 aliphatic carbocycles. The van der Waals surface area contributed by atoms with Gasteiger partial charge in [-0.25, -0.2) is 13.1 Å². The molecule has 6 heteroatoms. The summed E-state index contributed by atoms with van der Waals surface area (Å²) in [5, 5.41) is 0. The third-order valence-corrected chi connectivity index (χ3v) is 3.79. The molecular weight excluding hydrogens is 240 g/mol. The molecule has 0 heterocycles. The highest BCUT2D eigenvalue weighted by atomic mass is 32.2. The van der Waals surface area contributed by atoms with Crippen molar-refractivity contribution in [2.75, 3.05) is 20.3 Å². The molecule has 3 N–H and O–H groups in total. The van der Waals surface area contributed by atoms with Crippen molar-refractivity contribution >= 4 is 10.0 Å². The zero-order valence-corrected chi connectivity index (χ0v) is 10.8. The highest BCUT2D eigenvalue weighted by Crippen LogP contribution is 2.14. The predicted octanol–water partition coefficient (Wildman–Crippen LogP) is 0.631. The van der Waals surface area contributed by atoms with E-state index < -0.39 is 10.0 Å². The van der Waals surface area contributed by atoms with Crippen molar-refractivity contribution < 1.29 is 13.2 Å². The molecule has 0 saturated carbocycles. The number of sulfonamides is 1. The first-order valence-electron chi connectivity index (χ1n) is 5.31. The summed E-state index contributed by atoms with van der Waals surface area (Å²) in [7, 11) is -1.93. The topological polar surface area (TPSA) is 81.4 Å². The van der Waals surface area contributed by atoms with Gasteiger partial charge in [0, 0.05) is 19.7 Å². The van der Waals surface area contributed by atoms with Gasteiger partial charge in [0.2, 0.25) is 10.0 Å². The van der Waals surface area contributed by atoms with Gasteiger partial charge in [-0.2, -0.15) is 0 Å². The second-order valence-corrected chi connectivity index (χ2v) is 5.52. The normalized spacial score (nSPS) is 13.6. The number of methoxy groups -OCH3 is 1. The first-order chi connectivity index (χ1) is 7.97. The smallest absolute Gasteiger partial charge is 0.240 e. The Balaban J connectivity index is 2.78. The maximum absolute atomic E-state index is 11.8. The Morgan fingerprint density at radius 2 is 1.94 bits per heavy atom.